The van der Waals surface area contributed by atoms with E-state index in [0.29, 0.717) is 0 Å². The molecule has 0 fully saturated rings. The molecule has 0 saturated carbocycles. The third kappa shape index (κ3) is 6.29. The molecule has 1 amide bonds. The number of aliphatic hydroxyl groups is 1. The number of carbonyl (C=O) groups is 2. The molecule has 4 N–H and O–H groups in total. The van der Waals surface area contributed by atoms with Crippen molar-refractivity contribution in [3.63, 3.8) is 0 Å². The summed E-state index contributed by atoms with van der Waals surface area (Å²) < 4.78 is 0. The first-order valence-corrected chi connectivity index (χ1v) is 3.50. The predicted octanol–water partition coefficient (Wildman–Crippen LogP) is -2.45. The van der Waals surface area contributed by atoms with Gasteiger partial charge in [0.1, 0.15) is 0 Å². The molecule has 0 aromatic heterocycles. The SMILES string of the molecule is CN(C)CC(=O)NC(O)C(=O)ON.F. The molecule has 8 heteroatoms. The first kappa shape index (κ1) is 15.2. The molecule has 0 spiro atoms. The van der Waals surface area contributed by atoms with E-state index in [4.69, 9.17) is 5.11 Å². The number of nitrogens with one attached hydrogen (secondary N) is 1. The van der Waals surface area contributed by atoms with Crippen molar-refractivity contribution >= 4 is 11.9 Å². The molecule has 1 atom stereocenters. The minimum absolute atomic E-state index is 0. The lowest BCUT2D eigenvalue weighted by atomic mass is 10.5. The van der Waals surface area contributed by atoms with Crippen LogP contribution in [0.5, 0.6) is 0 Å². The number of nitrogens with zero attached hydrogens (tertiary/aromatic N) is 1. The molecule has 0 aliphatic heterocycles. The number of aliphatic hydroxyl groups excluding tert-OH is 1. The van der Waals surface area contributed by atoms with E-state index in [1.54, 1.807) is 19.0 Å². The summed E-state index contributed by atoms with van der Waals surface area (Å²) in [5.41, 5.74) is 0. The Bertz CT molecular complexity index is 200. The fourth-order valence-electron chi connectivity index (χ4n) is 0.609. The molecule has 0 bridgehead atoms. The van der Waals surface area contributed by atoms with Crippen LogP contribution in [0.25, 0.3) is 0 Å². The highest BCUT2D eigenvalue weighted by atomic mass is 19.0. The van der Waals surface area contributed by atoms with Gasteiger partial charge in [0.25, 0.3) is 0 Å². The van der Waals surface area contributed by atoms with Crippen molar-refractivity contribution in [2.75, 3.05) is 20.6 Å². The fraction of sp³-hybridized carbons (Fsp3) is 0.667. The van der Waals surface area contributed by atoms with Crippen molar-refractivity contribution in [1.82, 2.24) is 10.2 Å². The first-order valence-electron chi connectivity index (χ1n) is 3.50. The predicted molar refractivity (Wildman–Crippen MR) is 45.5 cm³/mol. The van der Waals surface area contributed by atoms with Crippen LogP contribution in [-0.2, 0) is 14.4 Å². The lowest BCUT2D eigenvalue weighted by Gasteiger charge is -2.12. The van der Waals surface area contributed by atoms with Gasteiger partial charge in [-0.1, -0.05) is 0 Å². The van der Waals surface area contributed by atoms with E-state index in [2.05, 4.69) is 10.7 Å². The van der Waals surface area contributed by atoms with Gasteiger partial charge in [0.2, 0.25) is 12.1 Å². The van der Waals surface area contributed by atoms with Gasteiger partial charge in [0.05, 0.1) is 6.54 Å². The van der Waals surface area contributed by atoms with Gasteiger partial charge < -0.3 is 20.2 Å². The van der Waals surface area contributed by atoms with Gasteiger partial charge in [-0.25, -0.2) is 4.79 Å². The van der Waals surface area contributed by atoms with E-state index in [1.807, 2.05) is 5.32 Å². The quantitative estimate of drug-likeness (QED) is 0.352. The van der Waals surface area contributed by atoms with Crippen molar-refractivity contribution in [3.8, 4) is 0 Å². The number of carbonyl (C=O) groups excluding carboxylic acids is 2. The van der Waals surface area contributed by atoms with Crippen LogP contribution in [0.1, 0.15) is 0 Å². The summed E-state index contributed by atoms with van der Waals surface area (Å²) in [6, 6.07) is 0. The molecule has 0 rings (SSSR count). The first-order chi connectivity index (χ1) is 5.97. The minimum atomic E-state index is -1.71. The largest absolute Gasteiger partial charge is 0.374 e. The number of amides is 1. The second-order valence-corrected chi connectivity index (χ2v) is 2.64. The van der Waals surface area contributed by atoms with Gasteiger partial charge in [-0.3, -0.25) is 9.50 Å². The topological polar surface area (TPSA) is 105 Å². The highest BCUT2D eigenvalue weighted by molar-refractivity contribution is 5.84. The number of halogens is 1. The number of nitrogens with two attached hydrogens (primary N) is 1. The summed E-state index contributed by atoms with van der Waals surface area (Å²) in [6.07, 6.45) is -1.71. The van der Waals surface area contributed by atoms with E-state index in [0.717, 1.165) is 0 Å². The van der Waals surface area contributed by atoms with Gasteiger partial charge in [0.15, 0.2) is 0 Å². The fourth-order valence-corrected chi connectivity index (χ4v) is 0.609. The Morgan fingerprint density at radius 1 is 1.57 bits per heavy atom. The van der Waals surface area contributed by atoms with Crippen molar-refractivity contribution in [2.24, 2.45) is 5.90 Å². The Morgan fingerprint density at radius 2 is 2.07 bits per heavy atom. The molecule has 0 aliphatic rings. The Kier molecular flexibility index (Phi) is 7.81. The summed E-state index contributed by atoms with van der Waals surface area (Å²) in [6.45, 7) is 0.0644. The van der Waals surface area contributed by atoms with Crippen molar-refractivity contribution in [1.29, 1.82) is 0 Å². The summed E-state index contributed by atoms with van der Waals surface area (Å²) in [5.74, 6) is 2.88. The number of hydrogen-bond donors (Lipinski definition) is 3. The molecule has 0 saturated heterocycles. The van der Waals surface area contributed by atoms with E-state index >= 15 is 0 Å². The summed E-state index contributed by atoms with van der Waals surface area (Å²) in [4.78, 5) is 26.7. The smallest absolute Gasteiger partial charge is 0.370 e. The normalized spacial score (nSPS) is 11.5. The minimum Gasteiger partial charge on any atom is -0.370 e. The van der Waals surface area contributed by atoms with Gasteiger partial charge in [-0.05, 0) is 14.1 Å². The second kappa shape index (κ2) is 7.18. The molecule has 0 aromatic carbocycles. The molecular formula is C6H14FN3O4. The molecule has 84 valence electrons. The Balaban J connectivity index is 0. The van der Waals surface area contributed by atoms with Crippen LogP contribution < -0.4 is 11.2 Å². The van der Waals surface area contributed by atoms with Crippen LogP contribution in [0.2, 0.25) is 0 Å². The molecular weight excluding hydrogens is 197 g/mol. The Hall–Kier alpha value is -1.25. The van der Waals surface area contributed by atoms with E-state index in [9.17, 15) is 9.59 Å². The van der Waals surface area contributed by atoms with Crippen LogP contribution in [0.4, 0.5) is 4.70 Å². The molecule has 14 heavy (non-hydrogen) atoms. The van der Waals surface area contributed by atoms with Crippen LogP contribution >= 0.6 is 0 Å². The van der Waals surface area contributed by atoms with Crippen molar-refractivity contribution < 1.29 is 24.2 Å². The zero-order chi connectivity index (χ0) is 10.4. The molecule has 0 aliphatic carbocycles. The van der Waals surface area contributed by atoms with Crippen LogP contribution in [0.3, 0.4) is 0 Å². The van der Waals surface area contributed by atoms with Gasteiger partial charge >= 0.3 is 5.97 Å². The van der Waals surface area contributed by atoms with Crippen molar-refractivity contribution in [3.05, 3.63) is 0 Å². The zero-order valence-electron chi connectivity index (χ0n) is 7.89. The molecule has 0 radical (unpaired) electrons. The molecule has 0 aromatic rings. The Morgan fingerprint density at radius 3 is 2.43 bits per heavy atom. The third-order valence-electron chi connectivity index (χ3n) is 1.10. The lowest BCUT2D eigenvalue weighted by molar-refractivity contribution is -0.158. The number of rotatable bonds is 4. The van der Waals surface area contributed by atoms with Crippen LogP contribution in [-0.4, -0.2) is 48.8 Å². The number of hydrogen-bond acceptors (Lipinski definition) is 6. The maximum atomic E-state index is 10.9. The standard InChI is InChI=1S/C6H13N3O4.FH/c1-9(2)3-4(10)8-5(11)6(12)13-7;/h5,11H,3,7H2,1-2H3,(H,8,10);1H. The van der Waals surface area contributed by atoms with Crippen LogP contribution in [0, 0.1) is 0 Å². The van der Waals surface area contributed by atoms with E-state index in [-0.39, 0.29) is 11.2 Å². The molecule has 7 nitrogen and oxygen atoms in total. The summed E-state index contributed by atoms with van der Waals surface area (Å²) in [5, 5.41) is 10.9. The average Bonchev–Trinajstić information content (AvgIpc) is 2.01. The average molecular weight is 211 g/mol. The lowest BCUT2D eigenvalue weighted by Crippen LogP contribution is -2.45. The highest BCUT2D eigenvalue weighted by Crippen LogP contribution is 1.82. The zero-order valence-corrected chi connectivity index (χ0v) is 7.89. The third-order valence-corrected chi connectivity index (χ3v) is 1.10. The summed E-state index contributed by atoms with van der Waals surface area (Å²) in [7, 11) is 3.35. The van der Waals surface area contributed by atoms with Gasteiger partial charge in [0, 0.05) is 0 Å². The molecule has 0 heterocycles. The van der Waals surface area contributed by atoms with Crippen molar-refractivity contribution in [2.45, 2.75) is 6.23 Å². The highest BCUT2D eigenvalue weighted by Gasteiger charge is 2.18. The maximum Gasteiger partial charge on any atom is 0.374 e. The number of likely N-dealkylation sites (N-methyl/N-ethyl adjacent to an activating group) is 1. The molecule has 1 unspecified atom stereocenters. The Labute approximate surface area is 80.1 Å². The monoisotopic (exact) mass is 211 g/mol. The van der Waals surface area contributed by atoms with Crippen LogP contribution in [0.15, 0.2) is 0 Å². The van der Waals surface area contributed by atoms with E-state index in [1.165, 1.54) is 0 Å². The van der Waals surface area contributed by atoms with E-state index < -0.39 is 18.1 Å². The maximum absolute atomic E-state index is 10.9. The summed E-state index contributed by atoms with van der Waals surface area (Å²) >= 11 is 0. The second-order valence-electron chi connectivity index (χ2n) is 2.64. The van der Waals surface area contributed by atoms with Gasteiger partial charge in [-0.2, -0.15) is 5.90 Å². The van der Waals surface area contributed by atoms with Gasteiger partial charge in [-0.15, -0.1) is 0 Å².